The summed E-state index contributed by atoms with van der Waals surface area (Å²) in [7, 11) is 0. The number of ether oxygens (including phenoxy) is 1. The zero-order valence-electron chi connectivity index (χ0n) is 12.1. The molecule has 2 aromatic rings. The van der Waals surface area contributed by atoms with Gasteiger partial charge in [0.05, 0.1) is 5.54 Å². The van der Waals surface area contributed by atoms with E-state index in [-0.39, 0.29) is 0 Å². The lowest BCUT2D eigenvalue weighted by molar-refractivity contribution is 0.0303. The van der Waals surface area contributed by atoms with Gasteiger partial charge in [-0.1, -0.05) is 0 Å². The summed E-state index contributed by atoms with van der Waals surface area (Å²) < 4.78 is 32.3. The van der Waals surface area contributed by atoms with Crippen LogP contribution >= 0.6 is 0 Å². The monoisotopic (exact) mass is 308 g/mol. The van der Waals surface area contributed by atoms with Crippen molar-refractivity contribution in [3.8, 4) is 0 Å². The van der Waals surface area contributed by atoms with Crippen LogP contribution in [0.15, 0.2) is 36.8 Å². The van der Waals surface area contributed by atoms with Gasteiger partial charge >= 0.3 is 6.55 Å². The Bertz CT molecular complexity index is 597. The van der Waals surface area contributed by atoms with Crippen LogP contribution < -0.4 is 5.32 Å². The van der Waals surface area contributed by atoms with Gasteiger partial charge in [-0.25, -0.2) is 9.97 Å². The Labute approximate surface area is 127 Å². The van der Waals surface area contributed by atoms with E-state index >= 15 is 0 Å². The normalized spacial score (nSPS) is 17.8. The predicted molar refractivity (Wildman–Crippen MR) is 76.3 cm³/mol. The second kappa shape index (κ2) is 6.50. The number of rotatable bonds is 5. The highest BCUT2D eigenvalue weighted by Crippen LogP contribution is 2.30. The Hall–Kier alpha value is -1.86. The Morgan fingerprint density at radius 2 is 1.95 bits per heavy atom. The third-order valence-corrected chi connectivity index (χ3v) is 4.03. The highest BCUT2D eigenvalue weighted by atomic mass is 19.3. The fourth-order valence-electron chi connectivity index (χ4n) is 2.77. The average molecular weight is 308 g/mol. The van der Waals surface area contributed by atoms with Crippen LogP contribution in [0.5, 0.6) is 0 Å². The molecule has 0 atom stereocenters. The van der Waals surface area contributed by atoms with E-state index in [1.54, 1.807) is 30.6 Å². The summed E-state index contributed by atoms with van der Waals surface area (Å²) >= 11 is 0. The molecule has 0 bridgehead atoms. The molecule has 0 aromatic carbocycles. The maximum Gasteiger partial charge on any atom is 0.318 e. The molecule has 22 heavy (non-hydrogen) atoms. The van der Waals surface area contributed by atoms with Crippen molar-refractivity contribution in [2.45, 2.75) is 31.5 Å². The first kappa shape index (κ1) is 15.1. The van der Waals surface area contributed by atoms with Gasteiger partial charge in [-0.05, 0) is 31.0 Å². The minimum Gasteiger partial charge on any atom is -0.381 e. The number of alkyl halides is 2. The Kier molecular flexibility index (Phi) is 4.44. The van der Waals surface area contributed by atoms with Crippen LogP contribution in [0.25, 0.3) is 0 Å². The summed E-state index contributed by atoms with van der Waals surface area (Å²) in [5.74, 6) is 0.688. The number of nitrogens with zero attached hydrogens (tertiary/aromatic N) is 3. The first-order valence-electron chi connectivity index (χ1n) is 7.25. The summed E-state index contributed by atoms with van der Waals surface area (Å²) in [4.78, 5) is 8.70. The number of hydrogen-bond donors (Lipinski definition) is 1. The first-order valence-corrected chi connectivity index (χ1v) is 7.25. The fraction of sp³-hybridized carbons (Fsp3) is 0.467. The molecule has 1 N–H and O–H groups in total. The smallest absolute Gasteiger partial charge is 0.318 e. The molecule has 0 unspecified atom stereocenters. The van der Waals surface area contributed by atoms with E-state index in [0.717, 1.165) is 4.57 Å². The highest BCUT2D eigenvalue weighted by molar-refractivity contribution is 5.12. The molecule has 0 spiro atoms. The van der Waals surface area contributed by atoms with Gasteiger partial charge in [0.15, 0.2) is 0 Å². The molecular formula is C15H18F2N4O. The van der Waals surface area contributed by atoms with Gasteiger partial charge in [0.25, 0.3) is 0 Å². The summed E-state index contributed by atoms with van der Waals surface area (Å²) in [6.45, 7) is -1.01. The lowest BCUT2D eigenvalue weighted by atomic mass is 9.88. The highest BCUT2D eigenvalue weighted by Gasteiger charge is 2.36. The van der Waals surface area contributed by atoms with Crippen LogP contribution in [0, 0.1) is 0 Å². The van der Waals surface area contributed by atoms with Gasteiger partial charge in [-0.2, -0.15) is 8.78 Å². The van der Waals surface area contributed by atoms with Crippen molar-refractivity contribution in [3.05, 3.63) is 48.3 Å². The minimum absolute atomic E-state index is 0.329. The molecule has 1 aliphatic heterocycles. The second-order valence-corrected chi connectivity index (χ2v) is 5.30. The van der Waals surface area contributed by atoms with E-state index in [2.05, 4.69) is 15.3 Å². The standard InChI is InChI=1S/C15H18F2N4O/c16-14(17)21-8-1-3-12(21)11-20-15(4-9-22-10-5-15)13-18-6-2-7-19-13/h1-3,6-8,14,20H,4-5,9-11H2. The van der Waals surface area contributed by atoms with Crippen molar-refractivity contribution < 1.29 is 13.5 Å². The van der Waals surface area contributed by atoms with Gasteiger partial charge < -0.3 is 4.74 Å². The quantitative estimate of drug-likeness (QED) is 0.922. The number of aromatic nitrogens is 3. The molecule has 0 radical (unpaired) electrons. The summed E-state index contributed by atoms with van der Waals surface area (Å²) in [5.41, 5.74) is 0.105. The van der Waals surface area contributed by atoms with Crippen LogP contribution in [0.2, 0.25) is 0 Å². The molecule has 0 amide bonds. The zero-order valence-corrected chi connectivity index (χ0v) is 12.1. The van der Waals surface area contributed by atoms with E-state index in [4.69, 9.17) is 4.74 Å². The predicted octanol–water partition coefficient (Wildman–Crippen LogP) is 2.47. The second-order valence-electron chi connectivity index (χ2n) is 5.30. The third-order valence-electron chi connectivity index (χ3n) is 4.03. The van der Waals surface area contributed by atoms with E-state index in [1.807, 2.05) is 0 Å². The number of halogens is 2. The van der Waals surface area contributed by atoms with Crippen molar-refractivity contribution in [1.82, 2.24) is 19.9 Å². The van der Waals surface area contributed by atoms with Crippen LogP contribution in [-0.2, 0) is 16.8 Å². The van der Waals surface area contributed by atoms with Crippen LogP contribution in [0.3, 0.4) is 0 Å². The van der Waals surface area contributed by atoms with Gasteiger partial charge in [0.1, 0.15) is 5.82 Å². The number of nitrogens with one attached hydrogen (secondary N) is 1. The maximum atomic E-state index is 12.9. The van der Waals surface area contributed by atoms with E-state index in [1.165, 1.54) is 6.20 Å². The average Bonchev–Trinajstić information content (AvgIpc) is 3.04. The molecule has 1 fully saturated rings. The van der Waals surface area contributed by atoms with Crippen LogP contribution in [0.1, 0.15) is 30.9 Å². The lowest BCUT2D eigenvalue weighted by Gasteiger charge is -2.36. The van der Waals surface area contributed by atoms with Crippen molar-refractivity contribution >= 4 is 0 Å². The first-order chi connectivity index (χ1) is 10.7. The molecule has 1 aliphatic rings. The molecule has 0 aliphatic carbocycles. The van der Waals surface area contributed by atoms with Crippen molar-refractivity contribution in [2.75, 3.05) is 13.2 Å². The zero-order chi connectivity index (χ0) is 15.4. The lowest BCUT2D eigenvalue weighted by Crippen LogP contribution is -2.47. The van der Waals surface area contributed by atoms with Crippen LogP contribution in [0.4, 0.5) is 8.78 Å². The topological polar surface area (TPSA) is 52.0 Å². The summed E-state index contributed by atoms with van der Waals surface area (Å²) in [6.07, 6.45) is 6.21. The molecule has 1 saturated heterocycles. The summed E-state index contributed by atoms with van der Waals surface area (Å²) in [6, 6.07) is 5.08. The number of hydrogen-bond acceptors (Lipinski definition) is 4. The largest absolute Gasteiger partial charge is 0.381 e. The molecular weight excluding hydrogens is 290 g/mol. The SMILES string of the molecule is FC(F)n1cccc1CNC1(c2ncccn2)CCOCC1. The van der Waals surface area contributed by atoms with Crippen molar-refractivity contribution in [1.29, 1.82) is 0 Å². The van der Waals surface area contributed by atoms with E-state index in [9.17, 15) is 8.78 Å². The van der Waals surface area contributed by atoms with Crippen LogP contribution in [-0.4, -0.2) is 27.7 Å². The summed E-state index contributed by atoms with van der Waals surface area (Å²) in [5, 5.41) is 3.39. The Balaban J connectivity index is 1.80. The van der Waals surface area contributed by atoms with Crippen molar-refractivity contribution in [3.63, 3.8) is 0 Å². The molecule has 5 nitrogen and oxygen atoms in total. The molecule has 118 valence electrons. The van der Waals surface area contributed by atoms with E-state index < -0.39 is 12.1 Å². The van der Waals surface area contributed by atoms with Crippen molar-refractivity contribution in [2.24, 2.45) is 0 Å². The fourth-order valence-corrected chi connectivity index (χ4v) is 2.77. The minimum atomic E-state index is -2.54. The molecule has 3 heterocycles. The van der Waals surface area contributed by atoms with E-state index in [0.29, 0.717) is 44.1 Å². The molecule has 2 aromatic heterocycles. The van der Waals surface area contributed by atoms with Gasteiger partial charge in [0, 0.05) is 44.0 Å². The third kappa shape index (κ3) is 3.00. The molecule has 0 saturated carbocycles. The Morgan fingerprint density at radius 1 is 1.23 bits per heavy atom. The maximum absolute atomic E-state index is 12.9. The molecule has 3 rings (SSSR count). The Morgan fingerprint density at radius 3 is 2.64 bits per heavy atom. The molecule has 7 heteroatoms. The van der Waals surface area contributed by atoms with Gasteiger partial charge in [-0.15, -0.1) is 0 Å². The van der Waals surface area contributed by atoms with Gasteiger partial charge in [0.2, 0.25) is 0 Å². The van der Waals surface area contributed by atoms with Gasteiger partial charge in [-0.3, -0.25) is 9.88 Å².